The zero-order valence-electron chi connectivity index (χ0n) is 12.1. The number of ether oxygens (including phenoxy) is 1. The number of nitrogens with one attached hydrogen (secondary N) is 1. The second-order valence-electron chi connectivity index (χ2n) is 6.16. The maximum absolute atomic E-state index is 12.1. The maximum Gasteiger partial charge on any atom is 0.224 e. The van der Waals surface area contributed by atoms with E-state index in [1.54, 1.807) is 0 Å². The molecule has 3 N–H and O–H groups in total. The van der Waals surface area contributed by atoms with Gasteiger partial charge in [0.2, 0.25) is 5.91 Å². The first kappa shape index (κ1) is 14.8. The number of hydrogen-bond donors (Lipinski definition) is 2. The molecule has 0 aromatic rings. The van der Waals surface area contributed by atoms with Crippen LogP contribution in [-0.2, 0) is 9.53 Å². The van der Waals surface area contributed by atoms with Gasteiger partial charge in [0.25, 0.3) is 0 Å². The van der Waals surface area contributed by atoms with Crippen molar-refractivity contribution < 1.29 is 9.53 Å². The molecule has 2 saturated carbocycles. The van der Waals surface area contributed by atoms with Crippen molar-refractivity contribution in [2.75, 3.05) is 13.2 Å². The Kier molecular flexibility index (Phi) is 5.64. The molecule has 0 aliphatic heterocycles. The predicted molar refractivity (Wildman–Crippen MR) is 75.7 cm³/mol. The number of amides is 1. The lowest BCUT2D eigenvalue weighted by molar-refractivity contribution is -0.127. The Balaban J connectivity index is 1.63. The summed E-state index contributed by atoms with van der Waals surface area (Å²) in [6.07, 6.45) is 8.55. The van der Waals surface area contributed by atoms with Gasteiger partial charge in [-0.05, 0) is 31.6 Å². The van der Waals surface area contributed by atoms with Crippen LogP contribution in [-0.4, -0.2) is 31.2 Å². The SMILES string of the molecule is CC1CCCC(C(=O)NCCOC2CCCC2)C1N. The van der Waals surface area contributed by atoms with E-state index in [0.29, 0.717) is 25.2 Å². The Morgan fingerprint density at radius 3 is 2.68 bits per heavy atom. The number of carbonyl (C=O) groups excluding carboxylic acids is 1. The standard InChI is InChI=1S/C15H28N2O2/c1-11-5-4-8-13(14(11)16)15(18)17-9-10-19-12-6-2-3-7-12/h11-14H,2-10,16H2,1H3,(H,17,18). The van der Waals surface area contributed by atoms with E-state index >= 15 is 0 Å². The first-order valence-electron chi connectivity index (χ1n) is 7.83. The summed E-state index contributed by atoms with van der Waals surface area (Å²) in [5, 5.41) is 2.98. The minimum absolute atomic E-state index is 0.00442. The van der Waals surface area contributed by atoms with Crippen molar-refractivity contribution in [1.82, 2.24) is 5.32 Å². The van der Waals surface area contributed by atoms with Gasteiger partial charge in [0, 0.05) is 12.6 Å². The van der Waals surface area contributed by atoms with Gasteiger partial charge in [-0.15, -0.1) is 0 Å². The molecule has 3 unspecified atom stereocenters. The average Bonchev–Trinajstić information content (AvgIpc) is 2.91. The van der Waals surface area contributed by atoms with Crippen molar-refractivity contribution in [2.24, 2.45) is 17.6 Å². The third kappa shape index (κ3) is 4.18. The number of hydrogen-bond acceptors (Lipinski definition) is 3. The molecular weight excluding hydrogens is 240 g/mol. The fraction of sp³-hybridized carbons (Fsp3) is 0.933. The lowest BCUT2D eigenvalue weighted by Crippen LogP contribution is -2.48. The molecule has 2 rings (SSSR count). The summed E-state index contributed by atoms with van der Waals surface area (Å²) in [6, 6.07) is 0.0181. The highest BCUT2D eigenvalue weighted by molar-refractivity contribution is 5.79. The van der Waals surface area contributed by atoms with Crippen LogP contribution >= 0.6 is 0 Å². The Morgan fingerprint density at radius 1 is 1.21 bits per heavy atom. The van der Waals surface area contributed by atoms with Crippen LogP contribution in [0.4, 0.5) is 0 Å². The van der Waals surface area contributed by atoms with E-state index in [9.17, 15) is 4.79 Å². The fourth-order valence-electron chi connectivity index (χ4n) is 3.33. The molecule has 4 nitrogen and oxygen atoms in total. The second kappa shape index (κ2) is 7.25. The molecular formula is C15H28N2O2. The molecule has 2 aliphatic carbocycles. The van der Waals surface area contributed by atoms with Gasteiger partial charge < -0.3 is 15.8 Å². The average molecular weight is 268 g/mol. The molecule has 0 radical (unpaired) electrons. The molecule has 0 aromatic carbocycles. The topological polar surface area (TPSA) is 64.3 Å². The van der Waals surface area contributed by atoms with Gasteiger partial charge in [0.15, 0.2) is 0 Å². The molecule has 0 aromatic heterocycles. The van der Waals surface area contributed by atoms with E-state index in [1.165, 1.54) is 25.7 Å². The summed E-state index contributed by atoms with van der Waals surface area (Å²) < 4.78 is 5.74. The van der Waals surface area contributed by atoms with Gasteiger partial charge >= 0.3 is 0 Å². The summed E-state index contributed by atoms with van der Waals surface area (Å²) in [5.41, 5.74) is 6.14. The van der Waals surface area contributed by atoms with Crippen molar-refractivity contribution in [2.45, 2.75) is 64.0 Å². The van der Waals surface area contributed by atoms with E-state index in [-0.39, 0.29) is 17.9 Å². The van der Waals surface area contributed by atoms with E-state index < -0.39 is 0 Å². The van der Waals surface area contributed by atoms with E-state index in [2.05, 4.69) is 12.2 Å². The third-order valence-corrected chi connectivity index (χ3v) is 4.69. The summed E-state index contributed by atoms with van der Waals surface area (Å²) in [6.45, 7) is 3.40. The highest BCUT2D eigenvalue weighted by Crippen LogP contribution is 2.27. The summed E-state index contributed by atoms with van der Waals surface area (Å²) in [7, 11) is 0. The van der Waals surface area contributed by atoms with Crippen molar-refractivity contribution in [3.8, 4) is 0 Å². The van der Waals surface area contributed by atoms with Gasteiger partial charge in [-0.3, -0.25) is 4.79 Å². The fourth-order valence-corrected chi connectivity index (χ4v) is 3.33. The van der Waals surface area contributed by atoms with Crippen LogP contribution < -0.4 is 11.1 Å². The molecule has 110 valence electrons. The third-order valence-electron chi connectivity index (χ3n) is 4.69. The van der Waals surface area contributed by atoms with Crippen LogP contribution in [0.5, 0.6) is 0 Å². The van der Waals surface area contributed by atoms with Crippen molar-refractivity contribution >= 4 is 5.91 Å². The zero-order chi connectivity index (χ0) is 13.7. The monoisotopic (exact) mass is 268 g/mol. The molecule has 19 heavy (non-hydrogen) atoms. The molecule has 3 atom stereocenters. The number of rotatable bonds is 5. The van der Waals surface area contributed by atoms with Crippen LogP contribution in [0.1, 0.15) is 51.9 Å². The van der Waals surface area contributed by atoms with Gasteiger partial charge in [0.1, 0.15) is 0 Å². The Bertz CT molecular complexity index is 290. The van der Waals surface area contributed by atoms with Crippen LogP contribution in [0.25, 0.3) is 0 Å². The lowest BCUT2D eigenvalue weighted by Gasteiger charge is -2.32. The second-order valence-corrected chi connectivity index (χ2v) is 6.16. The van der Waals surface area contributed by atoms with Crippen molar-refractivity contribution in [1.29, 1.82) is 0 Å². The normalized spacial score (nSPS) is 32.4. The lowest BCUT2D eigenvalue weighted by atomic mass is 9.78. The van der Waals surface area contributed by atoms with E-state index in [4.69, 9.17) is 10.5 Å². The smallest absolute Gasteiger partial charge is 0.224 e. The maximum atomic E-state index is 12.1. The van der Waals surface area contributed by atoms with Crippen LogP contribution in [0.15, 0.2) is 0 Å². The number of nitrogens with two attached hydrogens (primary N) is 1. The first-order valence-corrected chi connectivity index (χ1v) is 7.83. The molecule has 2 aliphatic rings. The number of carbonyl (C=O) groups is 1. The van der Waals surface area contributed by atoms with Gasteiger partial charge in [-0.2, -0.15) is 0 Å². The molecule has 1 amide bonds. The predicted octanol–water partition coefficient (Wildman–Crippen LogP) is 1.83. The molecule has 4 heteroatoms. The largest absolute Gasteiger partial charge is 0.376 e. The van der Waals surface area contributed by atoms with Crippen LogP contribution in [0.3, 0.4) is 0 Å². The Labute approximate surface area is 116 Å². The van der Waals surface area contributed by atoms with Gasteiger partial charge in [0.05, 0.1) is 18.6 Å². The molecule has 0 bridgehead atoms. The highest BCUT2D eigenvalue weighted by Gasteiger charge is 2.32. The van der Waals surface area contributed by atoms with E-state index in [0.717, 1.165) is 19.3 Å². The van der Waals surface area contributed by atoms with Crippen LogP contribution in [0.2, 0.25) is 0 Å². The highest BCUT2D eigenvalue weighted by atomic mass is 16.5. The Morgan fingerprint density at radius 2 is 1.95 bits per heavy atom. The molecule has 0 spiro atoms. The first-order chi connectivity index (χ1) is 9.18. The summed E-state index contributed by atoms with van der Waals surface area (Å²) >= 11 is 0. The Hall–Kier alpha value is -0.610. The van der Waals surface area contributed by atoms with Gasteiger partial charge in [-0.1, -0.05) is 26.2 Å². The molecule has 0 heterocycles. The summed E-state index contributed by atoms with van der Waals surface area (Å²) in [4.78, 5) is 12.1. The quantitative estimate of drug-likeness (QED) is 0.748. The minimum atomic E-state index is -0.00442. The minimum Gasteiger partial charge on any atom is -0.376 e. The van der Waals surface area contributed by atoms with Crippen molar-refractivity contribution in [3.63, 3.8) is 0 Å². The molecule has 0 saturated heterocycles. The van der Waals surface area contributed by atoms with Gasteiger partial charge in [-0.25, -0.2) is 0 Å². The van der Waals surface area contributed by atoms with Crippen molar-refractivity contribution in [3.05, 3.63) is 0 Å². The summed E-state index contributed by atoms with van der Waals surface area (Å²) in [5.74, 6) is 0.573. The molecule has 2 fully saturated rings. The van der Waals surface area contributed by atoms with Crippen LogP contribution in [0, 0.1) is 11.8 Å². The van der Waals surface area contributed by atoms with E-state index in [1.807, 2.05) is 0 Å². The zero-order valence-corrected chi connectivity index (χ0v) is 12.1.